The molecular formula is C19H20N2O4S2. The number of thiazole rings is 1. The Morgan fingerprint density at radius 3 is 2.85 bits per heavy atom. The van der Waals surface area contributed by atoms with Crippen LogP contribution in [0.5, 0.6) is 0 Å². The molecule has 0 unspecified atom stereocenters. The first-order valence-corrected chi connectivity index (χ1v) is 10.6. The third kappa shape index (κ3) is 2.86. The number of hydrogen-bond acceptors (Lipinski definition) is 6. The van der Waals surface area contributed by atoms with Crippen LogP contribution in [0, 0.1) is 18.8 Å². The van der Waals surface area contributed by atoms with Crippen LogP contribution in [-0.2, 0) is 9.59 Å². The lowest BCUT2D eigenvalue weighted by Gasteiger charge is -2.46. The summed E-state index contributed by atoms with van der Waals surface area (Å²) in [6.07, 6.45) is -0.778. The molecule has 1 fully saturated rings. The molecule has 2 aliphatic rings. The van der Waals surface area contributed by atoms with Crippen molar-refractivity contribution in [3.05, 3.63) is 34.5 Å². The number of carboxylic acids is 1. The second-order valence-corrected chi connectivity index (χ2v) is 9.37. The molecule has 0 spiro atoms. The Morgan fingerprint density at radius 1 is 1.44 bits per heavy atom. The van der Waals surface area contributed by atoms with Crippen molar-refractivity contribution < 1.29 is 19.8 Å². The van der Waals surface area contributed by atoms with E-state index >= 15 is 0 Å². The van der Waals surface area contributed by atoms with Gasteiger partial charge in [-0.2, -0.15) is 0 Å². The number of rotatable bonds is 5. The van der Waals surface area contributed by atoms with E-state index in [0.717, 1.165) is 25.7 Å². The molecular weight excluding hydrogens is 384 g/mol. The number of β-lactam (4-membered cyclic amide) rings is 1. The van der Waals surface area contributed by atoms with Gasteiger partial charge in [-0.15, -0.1) is 23.1 Å². The zero-order valence-corrected chi connectivity index (χ0v) is 16.8. The first kappa shape index (κ1) is 18.5. The molecule has 4 rings (SSSR count). The summed E-state index contributed by atoms with van der Waals surface area (Å²) < 4.78 is 1.11. The molecule has 6 nitrogen and oxygen atoms in total. The van der Waals surface area contributed by atoms with Crippen LogP contribution in [0.15, 0.2) is 34.4 Å². The lowest BCUT2D eigenvalue weighted by atomic mass is 9.78. The Hall–Kier alpha value is -1.90. The Bertz CT molecular complexity index is 981. The predicted octanol–water partition coefficient (Wildman–Crippen LogP) is 2.89. The van der Waals surface area contributed by atoms with Gasteiger partial charge in [-0.3, -0.25) is 4.79 Å². The van der Waals surface area contributed by atoms with Crippen molar-refractivity contribution in [2.75, 3.05) is 5.75 Å². The number of hydrogen-bond donors (Lipinski definition) is 2. The maximum absolute atomic E-state index is 12.4. The van der Waals surface area contributed by atoms with Crippen LogP contribution in [0.4, 0.5) is 0 Å². The Morgan fingerprint density at radius 2 is 2.19 bits per heavy atom. The highest BCUT2D eigenvalue weighted by molar-refractivity contribution is 7.99. The van der Waals surface area contributed by atoms with Crippen LogP contribution >= 0.6 is 23.1 Å². The number of benzene rings is 1. The van der Waals surface area contributed by atoms with E-state index in [1.165, 1.54) is 4.90 Å². The van der Waals surface area contributed by atoms with E-state index in [1.54, 1.807) is 30.0 Å². The van der Waals surface area contributed by atoms with Crippen LogP contribution in [0.1, 0.15) is 18.9 Å². The summed E-state index contributed by atoms with van der Waals surface area (Å²) in [6, 6.07) is 5.78. The minimum Gasteiger partial charge on any atom is -0.477 e. The third-order valence-electron chi connectivity index (χ3n) is 5.38. The Kier molecular flexibility index (Phi) is 4.52. The number of aliphatic carboxylic acids is 1. The molecule has 0 radical (unpaired) electrons. The molecule has 27 heavy (non-hydrogen) atoms. The van der Waals surface area contributed by atoms with Gasteiger partial charge in [-0.1, -0.05) is 6.92 Å². The van der Waals surface area contributed by atoms with Gasteiger partial charge in [0.05, 0.1) is 33.3 Å². The van der Waals surface area contributed by atoms with Crippen LogP contribution in [0.25, 0.3) is 10.2 Å². The number of carboxylic acid groups (broad SMARTS) is 1. The van der Waals surface area contributed by atoms with E-state index < -0.39 is 18.0 Å². The standard InChI is InChI=1S/C19H20N2O4S2/c1-8-12(7-26-11-4-5-13-14(6-11)27-10(3)20-13)17(19(24)25)21-16(8)15(9(2)22)18(21)23/h4-6,8-9,15-16,22H,7H2,1-3H3,(H,24,25)/t8-,9+,15+,16+/m0/s1. The lowest BCUT2D eigenvalue weighted by Crippen LogP contribution is -2.63. The van der Waals surface area contributed by atoms with Gasteiger partial charge in [0.15, 0.2) is 0 Å². The maximum Gasteiger partial charge on any atom is 0.352 e. The summed E-state index contributed by atoms with van der Waals surface area (Å²) in [5, 5.41) is 20.6. The maximum atomic E-state index is 12.4. The minimum absolute atomic E-state index is 0.0877. The van der Waals surface area contributed by atoms with Crippen LogP contribution < -0.4 is 0 Å². The molecule has 3 heterocycles. The van der Waals surface area contributed by atoms with Crippen molar-refractivity contribution in [1.29, 1.82) is 0 Å². The highest BCUT2D eigenvalue weighted by Gasteiger charge is 2.59. The van der Waals surface area contributed by atoms with Crippen molar-refractivity contribution in [2.24, 2.45) is 11.8 Å². The number of fused-ring (bicyclic) bond motifs is 2. The molecule has 1 aromatic carbocycles. The van der Waals surface area contributed by atoms with Gasteiger partial charge in [0, 0.05) is 16.6 Å². The topological polar surface area (TPSA) is 90.7 Å². The van der Waals surface area contributed by atoms with Crippen LogP contribution in [0.3, 0.4) is 0 Å². The molecule has 0 saturated carbocycles. The number of nitrogens with zero attached hydrogens (tertiary/aromatic N) is 2. The number of thioether (sulfide) groups is 1. The highest BCUT2D eigenvalue weighted by Crippen LogP contribution is 2.48. The normalized spacial score (nSPS) is 25.7. The van der Waals surface area contributed by atoms with Gasteiger partial charge in [0.2, 0.25) is 5.91 Å². The zero-order valence-electron chi connectivity index (χ0n) is 15.2. The third-order valence-corrected chi connectivity index (χ3v) is 7.36. The van der Waals surface area contributed by atoms with Gasteiger partial charge in [0.25, 0.3) is 0 Å². The second kappa shape index (κ2) is 6.61. The number of aliphatic hydroxyl groups excluding tert-OH is 1. The fraction of sp³-hybridized carbons (Fsp3) is 0.421. The van der Waals surface area contributed by atoms with Crippen molar-refractivity contribution in [3.8, 4) is 0 Å². The number of carbonyl (C=O) groups is 2. The quantitative estimate of drug-likeness (QED) is 0.588. The molecule has 0 aliphatic carbocycles. The Labute approximate surface area is 164 Å². The molecule has 1 amide bonds. The fourth-order valence-electron chi connectivity index (χ4n) is 4.11. The van der Waals surface area contributed by atoms with Crippen LogP contribution in [-0.4, -0.2) is 49.9 Å². The smallest absolute Gasteiger partial charge is 0.352 e. The van der Waals surface area contributed by atoms with Crippen molar-refractivity contribution in [1.82, 2.24) is 9.88 Å². The van der Waals surface area contributed by atoms with Gasteiger partial charge < -0.3 is 15.1 Å². The summed E-state index contributed by atoms with van der Waals surface area (Å²) in [4.78, 5) is 31.1. The van der Waals surface area contributed by atoms with E-state index in [9.17, 15) is 19.8 Å². The average molecular weight is 405 g/mol. The molecule has 1 saturated heterocycles. The number of aryl methyl sites for hydroxylation is 1. The first-order valence-electron chi connectivity index (χ1n) is 8.77. The number of aliphatic hydroxyl groups is 1. The summed E-state index contributed by atoms with van der Waals surface area (Å²) in [5.74, 6) is -1.48. The summed E-state index contributed by atoms with van der Waals surface area (Å²) in [5.41, 5.74) is 1.82. The number of carbonyl (C=O) groups excluding carboxylic acids is 1. The summed E-state index contributed by atoms with van der Waals surface area (Å²) >= 11 is 3.20. The molecule has 2 aromatic rings. The van der Waals surface area contributed by atoms with E-state index in [-0.39, 0.29) is 23.6 Å². The van der Waals surface area contributed by atoms with Gasteiger partial charge in [-0.05, 0) is 37.6 Å². The number of amides is 1. The van der Waals surface area contributed by atoms with E-state index in [1.807, 2.05) is 26.0 Å². The lowest BCUT2D eigenvalue weighted by molar-refractivity contribution is -0.163. The van der Waals surface area contributed by atoms with Gasteiger partial charge >= 0.3 is 5.97 Å². The number of aromatic nitrogens is 1. The molecule has 4 atom stereocenters. The molecule has 8 heteroatoms. The fourth-order valence-corrected chi connectivity index (χ4v) is 6.13. The molecule has 2 N–H and O–H groups in total. The minimum atomic E-state index is -1.08. The van der Waals surface area contributed by atoms with Crippen molar-refractivity contribution in [2.45, 2.75) is 37.8 Å². The van der Waals surface area contributed by atoms with Crippen LogP contribution in [0.2, 0.25) is 0 Å². The molecule has 0 bridgehead atoms. The Balaban J connectivity index is 1.59. The van der Waals surface area contributed by atoms with Crippen molar-refractivity contribution >= 4 is 45.2 Å². The van der Waals surface area contributed by atoms with E-state index in [2.05, 4.69) is 11.1 Å². The predicted molar refractivity (Wildman–Crippen MR) is 105 cm³/mol. The van der Waals surface area contributed by atoms with E-state index in [0.29, 0.717) is 5.75 Å². The summed E-state index contributed by atoms with van der Waals surface area (Å²) in [7, 11) is 0. The molecule has 1 aromatic heterocycles. The monoisotopic (exact) mass is 404 g/mol. The first-order chi connectivity index (χ1) is 12.8. The SMILES string of the molecule is Cc1nc2ccc(SCC3=C(C(=O)O)N4C(=O)[C@H]([C@@H](C)O)[C@H]4[C@H]3C)cc2s1. The second-order valence-electron chi connectivity index (χ2n) is 7.08. The molecule has 2 aliphatic heterocycles. The molecule has 142 valence electrons. The van der Waals surface area contributed by atoms with Crippen molar-refractivity contribution in [3.63, 3.8) is 0 Å². The average Bonchev–Trinajstić information content (AvgIpc) is 3.07. The van der Waals surface area contributed by atoms with Gasteiger partial charge in [0.1, 0.15) is 5.70 Å². The largest absolute Gasteiger partial charge is 0.477 e. The van der Waals surface area contributed by atoms with Gasteiger partial charge in [-0.25, -0.2) is 9.78 Å². The summed E-state index contributed by atoms with van der Waals surface area (Å²) in [6.45, 7) is 5.51. The highest BCUT2D eigenvalue weighted by atomic mass is 32.2. The van der Waals surface area contributed by atoms with E-state index in [4.69, 9.17) is 0 Å². The zero-order chi connectivity index (χ0) is 19.5.